The zero-order valence-corrected chi connectivity index (χ0v) is 20.9. The number of sulfone groups is 2. The molecule has 0 saturated heterocycles. The number of aromatic amines is 1. The fourth-order valence-corrected chi connectivity index (χ4v) is 5.36. The van der Waals surface area contributed by atoms with Gasteiger partial charge in [0.25, 0.3) is 5.91 Å². The van der Waals surface area contributed by atoms with Gasteiger partial charge in [0, 0.05) is 17.4 Å². The Balaban J connectivity index is 0.00000364. The average Bonchev–Trinajstić information content (AvgIpc) is 3.04. The topological polar surface area (TPSA) is 125 Å². The molecule has 3 N–H and O–H groups in total. The summed E-state index contributed by atoms with van der Waals surface area (Å²) >= 11 is 14.8. The minimum Gasteiger partial charge on any atom is -0.410 e. The van der Waals surface area contributed by atoms with Crippen molar-refractivity contribution in [1.82, 2.24) is 15.8 Å². The molecule has 0 aliphatic heterocycles. The molecule has 0 aliphatic carbocycles. The first kappa shape index (κ1) is 24.9. The minimum absolute atomic E-state index is 0. The summed E-state index contributed by atoms with van der Waals surface area (Å²) in [6.45, 7) is 0. The predicted octanol–water partition coefficient (Wildman–Crippen LogP) is -2.27. The van der Waals surface area contributed by atoms with Crippen molar-refractivity contribution in [3.05, 3.63) is 41.7 Å². The average molecular weight is 492 g/mol. The number of carbonyl (C=O) groups is 1. The van der Waals surface area contributed by atoms with Crippen LogP contribution in [0.4, 0.5) is 0 Å². The van der Waals surface area contributed by atoms with E-state index in [0.29, 0.717) is 5.02 Å². The van der Waals surface area contributed by atoms with Crippen LogP contribution in [0.5, 0.6) is 0 Å². The van der Waals surface area contributed by atoms with Crippen LogP contribution in [0.2, 0.25) is 5.02 Å². The van der Waals surface area contributed by atoms with Gasteiger partial charge in [-0.2, -0.15) is 0 Å². The van der Waals surface area contributed by atoms with Crippen molar-refractivity contribution >= 4 is 66.3 Å². The van der Waals surface area contributed by atoms with E-state index in [4.69, 9.17) is 11.6 Å². The monoisotopic (exact) mass is 491 g/mol. The molecule has 0 unspecified atom stereocenters. The fourth-order valence-electron chi connectivity index (χ4n) is 1.94. The van der Waals surface area contributed by atoms with Gasteiger partial charge in [0.2, 0.25) is 9.84 Å². The number of halogens is 1. The number of hydrazine groups is 1. The van der Waals surface area contributed by atoms with Gasteiger partial charge >= 0.3 is 51.4 Å². The first-order valence-corrected chi connectivity index (χ1v) is 11.0. The van der Waals surface area contributed by atoms with Crippen LogP contribution in [0.1, 0.15) is 0 Å². The minimum atomic E-state index is -4.26. The van der Waals surface area contributed by atoms with Crippen molar-refractivity contribution < 1.29 is 73.0 Å². The molecule has 1 aromatic heterocycles. The summed E-state index contributed by atoms with van der Waals surface area (Å²) in [6.07, 6.45) is 2.03. The molecule has 0 fully saturated rings. The van der Waals surface area contributed by atoms with Crippen molar-refractivity contribution in [3.63, 3.8) is 0 Å². The van der Waals surface area contributed by atoms with Crippen LogP contribution in [0.25, 0.3) is 0 Å². The van der Waals surface area contributed by atoms with Crippen LogP contribution in [-0.4, -0.2) is 37.8 Å². The van der Waals surface area contributed by atoms with Crippen molar-refractivity contribution in [3.8, 4) is 0 Å². The van der Waals surface area contributed by atoms with Gasteiger partial charge in [0.15, 0.2) is 9.84 Å². The molecule has 0 saturated carbocycles. The normalized spacial score (nSPS) is 11.3. The molecule has 1 aromatic carbocycles. The Labute approximate surface area is 214 Å². The first-order chi connectivity index (χ1) is 12.0. The standard InChI is InChI=1S/C13H12ClN3O5S4.K/c14-8-1-3-9(4-2-8)26(21,22)11-6-15-5-10(11)25(19,20)7-12(18)16-17-13(23)24;/h1-6,15H,7H2,(H,16,18)(H2,17,23,24);/q;+1/p-1. The van der Waals surface area contributed by atoms with E-state index in [1.165, 1.54) is 24.3 Å². The Morgan fingerprint density at radius 3 is 2.19 bits per heavy atom. The summed E-state index contributed by atoms with van der Waals surface area (Å²) in [4.78, 5) is 13.0. The van der Waals surface area contributed by atoms with E-state index in [2.05, 4.69) is 35.3 Å². The summed E-state index contributed by atoms with van der Waals surface area (Å²) in [6, 6.07) is 5.24. The molecule has 14 heteroatoms. The van der Waals surface area contributed by atoms with Gasteiger partial charge in [0.1, 0.15) is 15.5 Å². The molecular formula is C13H11ClKN3O5S4. The van der Waals surface area contributed by atoms with E-state index in [0.717, 1.165) is 12.4 Å². The molecule has 0 aliphatic rings. The van der Waals surface area contributed by atoms with Crippen LogP contribution in [-0.2, 0) is 37.1 Å². The molecule has 140 valence electrons. The van der Waals surface area contributed by atoms with Gasteiger partial charge in [-0.3, -0.25) is 10.2 Å². The molecule has 1 amide bonds. The van der Waals surface area contributed by atoms with E-state index < -0.39 is 41.1 Å². The van der Waals surface area contributed by atoms with Gasteiger partial charge in [-0.15, -0.1) is 0 Å². The van der Waals surface area contributed by atoms with E-state index in [1.54, 1.807) is 0 Å². The number of benzene rings is 1. The molecule has 27 heavy (non-hydrogen) atoms. The second-order valence-corrected chi connectivity index (χ2v) is 10.2. The van der Waals surface area contributed by atoms with Crippen LogP contribution in [0, 0.1) is 0 Å². The largest absolute Gasteiger partial charge is 1.00 e. The Kier molecular flexibility index (Phi) is 9.32. The molecule has 0 spiro atoms. The van der Waals surface area contributed by atoms with Crippen LogP contribution in [0.3, 0.4) is 0 Å². The molecular weight excluding hydrogens is 481 g/mol. The summed E-state index contributed by atoms with van der Waals surface area (Å²) in [7, 11) is -8.40. The second kappa shape index (κ2) is 10.1. The fraction of sp³-hybridized carbons (Fsp3) is 0.0769. The smallest absolute Gasteiger partial charge is 0.410 e. The van der Waals surface area contributed by atoms with Crippen molar-refractivity contribution in [2.24, 2.45) is 0 Å². The number of rotatable bonds is 5. The van der Waals surface area contributed by atoms with Gasteiger partial charge in [-0.1, -0.05) is 11.6 Å². The zero-order chi connectivity index (χ0) is 19.5. The van der Waals surface area contributed by atoms with Gasteiger partial charge in [-0.25, -0.2) is 16.8 Å². The Morgan fingerprint density at radius 1 is 1.07 bits per heavy atom. The molecule has 0 radical (unpaired) electrons. The first-order valence-electron chi connectivity index (χ1n) is 6.70. The summed E-state index contributed by atoms with van der Waals surface area (Å²) in [5.74, 6) is -1.95. The predicted molar refractivity (Wildman–Crippen MR) is 101 cm³/mol. The van der Waals surface area contributed by atoms with Gasteiger partial charge < -0.3 is 35.3 Å². The van der Waals surface area contributed by atoms with Crippen LogP contribution >= 0.6 is 23.8 Å². The van der Waals surface area contributed by atoms with Gasteiger partial charge in [0.05, 0.1) is 4.90 Å². The number of nitrogens with one attached hydrogen (secondary N) is 3. The molecule has 0 bridgehead atoms. The van der Waals surface area contributed by atoms with E-state index in [1.807, 2.05) is 5.43 Å². The SMILES string of the molecule is O=C(CS(=O)(=O)c1c[nH]cc1S(=O)(=O)c1ccc(Cl)cc1)NNC(=S)[S-].[K+]. The maximum Gasteiger partial charge on any atom is 1.00 e. The molecule has 8 nitrogen and oxygen atoms in total. The number of thiocarbonyl (C=S) groups is 1. The van der Waals surface area contributed by atoms with E-state index in [9.17, 15) is 21.6 Å². The quantitative estimate of drug-likeness (QED) is 0.185. The van der Waals surface area contributed by atoms with Crippen molar-refractivity contribution in [1.29, 1.82) is 0 Å². The van der Waals surface area contributed by atoms with E-state index in [-0.39, 0.29) is 60.6 Å². The number of hydrogen-bond donors (Lipinski definition) is 3. The van der Waals surface area contributed by atoms with Crippen molar-refractivity contribution in [2.75, 3.05) is 5.75 Å². The molecule has 2 rings (SSSR count). The molecule has 1 heterocycles. The maximum atomic E-state index is 12.7. The number of carbonyl (C=O) groups excluding carboxylic acids is 1. The Bertz CT molecular complexity index is 1050. The molecule has 0 atom stereocenters. The second-order valence-electron chi connectivity index (χ2n) is 4.86. The van der Waals surface area contributed by atoms with E-state index >= 15 is 0 Å². The van der Waals surface area contributed by atoms with Gasteiger partial charge in [-0.05, 0) is 28.6 Å². The zero-order valence-electron chi connectivity index (χ0n) is 13.7. The summed E-state index contributed by atoms with van der Waals surface area (Å²) < 4.78 is 50.1. The Morgan fingerprint density at radius 2 is 1.63 bits per heavy atom. The third kappa shape index (κ3) is 6.45. The summed E-state index contributed by atoms with van der Waals surface area (Å²) in [5, 5.41) is 0.328. The number of amides is 1. The summed E-state index contributed by atoms with van der Waals surface area (Å²) in [5.41, 5.74) is 4.14. The van der Waals surface area contributed by atoms with Crippen LogP contribution in [0.15, 0.2) is 51.3 Å². The number of H-pyrrole nitrogens is 1. The molecule has 2 aromatic rings. The third-order valence-corrected chi connectivity index (χ3v) is 7.09. The number of aromatic nitrogens is 1. The number of hydrogen-bond acceptors (Lipinski definition) is 7. The third-order valence-electron chi connectivity index (χ3n) is 3.05. The Hall–Kier alpha value is -0.0936. The van der Waals surface area contributed by atoms with Crippen LogP contribution < -0.4 is 62.2 Å². The van der Waals surface area contributed by atoms with Crippen molar-refractivity contribution in [2.45, 2.75) is 14.7 Å². The maximum absolute atomic E-state index is 12.7.